The topological polar surface area (TPSA) is 88.1 Å². The van der Waals surface area contributed by atoms with Crippen LogP contribution in [0.2, 0.25) is 0 Å². The summed E-state index contributed by atoms with van der Waals surface area (Å²) in [5.74, 6) is 2.92. The number of aryl methyl sites for hydroxylation is 3. The molecule has 0 amide bonds. The molecule has 3 heterocycles. The Morgan fingerprint density at radius 3 is 3.03 bits per heavy atom. The van der Waals surface area contributed by atoms with Gasteiger partial charge in [0.05, 0.1) is 20.0 Å². The molecule has 164 valence electrons. The Bertz CT molecular complexity index is 1250. The highest BCUT2D eigenvalue weighted by Gasteiger charge is 2.21. The average molecular weight is 512 g/mol. The van der Waals surface area contributed by atoms with Gasteiger partial charge in [-0.2, -0.15) is 0 Å². The summed E-state index contributed by atoms with van der Waals surface area (Å²) in [6, 6.07) is 12.2. The van der Waals surface area contributed by atoms with Crippen molar-refractivity contribution >= 4 is 33.5 Å². The maximum absolute atomic E-state index is 6.12. The van der Waals surface area contributed by atoms with Gasteiger partial charge in [0.25, 0.3) is 0 Å². The lowest BCUT2D eigenvalue weighted by Gasteiger charge is -2.18. The van der Waals surface area contributed by atoms with Gasteiger partial charge in [0, 0.05) is 15.9 Å². The van der Waals surface area contributed by atoms with E-state index in [0.29, 0.717) is 23.2 Å². The third-order valence-corrected chi connectivity index (χ3v) is 7.25. The predicted octanol–water partition coefficient (Wildman–Crippen LogP) is 4.85. The average Bonchev–Trinajstić information content (AvgIpc) is 3.24. The van der Waals surface area contributed by atoms with Crippen molar-refractivity contribution < 1.29 is 9.47 Å². The van der Waals surface area contributed by atoms with Gasteiger partial charge in [-0.15, -0.1) is 0 Å². The van der Waals surface area contributed by atoms with Gasteiger partial charge in [-0.05, 0) is 82.3 Å². The standard InChI is InChI=1S/C23H22BrN5O2S/c1-30-16-6-2-4-14(10-16)7-8-29-13-26-21(25)20-22(29)28-23(27-20)32-19-11-15-5-3-9-31-18(15)12-17(19)24/h2,4,6,10-13H,3,5,7-9,25H2,1H3. The number of ether oxygens (including phenoxy) is 2. The number of aromatic nitrogens is 4. The van der Waals surface area contributed by atoms with E-state index in [1.54, 1.807) is 13.4 Å². The molecule has 2 N–H and O–H groups in total. The van der Waals surface area contributed by atoms with E-state index in [0.717, 1.165) is 52.6 Å². The van der Waals surface area contributed by atoms with Crippen LogP contribution in [0.1, 0.15) is 17.5 Å². The molecule has 3 aliphatic heterocycles. The van der Waals surface area contributed by atoms with Crippen molar-refractivity contribution in [1.82, 2.24) is 19.5 Å². The number of fused-ring (bicyclic) bond motifs is 2. The molecule has 0 atom stereocenters. The van der Waals surface area contributed by atoms with E-state index in [9.17, 15) is 0 Å². The summed E-state index contributed by atoms with van der Waals surface area (Å²) >= 11 is 5.17. The number of hydrogen-bond acceptors (Lipinski definition) is 7. The van der Waals surface area contributed by atoms with Crippen LogP contribution in [-0.4, -0.2) is 33.2 Å². The molecule has 32 heavy (non-hydrogen) atoms. The zero-order chi connectivity index (χ0) is 22.1. The van der Waals surface area contributed by atoms with Crippen LogP contribution in [0.5, 0.6) is 11.5 Å². The highest BCUT2D eigenvalue weighted by atomic mass is 79.9. The minimum absolute atomic E-state index is 0.384. The number of halogens is 1. The molecular weight excluding hydrogens is 490 g/mol. The van der Waals surface area contributed by atoms with E-state index in [-0.39, 0.29) is 0 Å². The molecule has 0 fully saturated rings. The fourth-order valence-corrected chi connectivity index (χ4v) is 5.14. The monoisotopic (exact) mass is 511 g/mol. The lowest BCUT2D eigenvalue weighted by molar-refractivity contribution is 0.288. The predicted molar refractivity (Wildman–Crippen MR) is 128 cm³/mol. The summed E-state index contributed by atoms with van der Waals surface area (Å²) in [5, 5.41) is 0.646. The zero-order valence-electron chi connectivity index (χ0n) is 17.5. The number of hydrogen-bond donors (Lipinski definition) is 1. The van der Waals surface area contributed by atoms with Gasteiger partial charge >= 0.3 is 0 Å². The van der Waals surface area contributed by atoms with Gasteiger partial charge < -0.3 is 19.8 Å². The minimum Gasteiger partial charge on any atom is -0.497 e. The highest BCUT2D eigenvalue weighted by molar-refractivity contribution is 9.10. The third-order valence-electron chi connectivity index (χ3n) is 5.41. The van der Waals surface area contributed by atoms with E-state index in [1.165, 1.54) is 22.9 Å². The van der Waals surface area contributed by atoms with E-state index in [1.807, 2.05) is 28.8 Å². The van der Waals surface area contributed by atoms with Crippen LogP contribution in [0.15, 0.2) is 57.3 Å². The van der Waals surface area contributed by atoms with E-state index >= 15 is 0 Å². The van der Waals surface area contributed by atoms with Gasteiger partial charge in [-0.1, -0.05) is 12.1 Å². The molecule has 2 aromatic carbocycles. The van der Waals surface area contributed by atoms with Crippen LogP contribution >= 0.6 is 27.7 Å². The first-order chi connectivity index (χ1) is 15.6. The number of nitrogen functional groups attached to an aromatic ring is 1. The van der Waals surface area contributed by atoms with Gasteiger partial charge in [-0.25, -0.2) is 15.0 Å². The quantitative estimate of drug-likeness (QED) is 0.395. The summed E-state index contributed by atoms with van der Waals surface area (Å²) in [6.07, 6.45) is 4.59. The molecule has 9 heteroatoms. The molecule has 7 nitrogen and oxygen atoms in total. The van der Waals surface area contributed by atoms with Crippen molar-refractivity contribution in [3.05, 3.63) is 58.3 Å². The largest absolute Gasteiger partial charge is 0.497 e. The molecule has 0 radical (unpaired) electrons. The Kier molecular flexibility index (Phi) is 5.93. The fourth-order valence-electron chi connectivity index (χ4n) is 3.75. The number of imidazole rings is 1. The number of methoxy groups -OCH3 is 1. The Morgan fingerprint density at radius 2 is 2.16 bits per heavy atom. The first-order valence-electron chi connectivity index (χ1n) is 10.3. The van der Waals surface area contributed by atoms with Gasteiger partial charge in [0.2, 0.25) is 0 Å². The van der Waals surface area contributed by atoms with E-state index < -0.39 is 0 Å². The molecule has 2 aromatic rings. The number of anilines is 1. The molecule has 0 spiro atoms. The highest BCUT2D eigenvalue weighted by Crippen LogP contribution is 2.39. The Hall–Kier alpha value is -2.78. The fraction of sp³-hybridized carbons (Fsp3) is 0.261. The maximum Gasteiger partial charge on any atom is 0.195 e. The van der Waals surface area contributed by atoms with Gasteiger partial charge in [-0.3, -0.25) is 0 Å². The van der Waals surface area contributed by atoms with Crippen molar-refractivity contribution in [2.45, 2.75) is 35.9 Å². The first kappa shape index (κ1) is 21.1. The summed E-state index contributed by atoms with van der Waals surface area (Å²) in [7, 11) is 1.67. The van der Waals surface area contributed by atoms with Gasteiger partial charge in [0.15, 0.2) is 22.5 Å². The summed E-state index contributed by atoms with van der Waals surface area (Å²) in [5.41, 5.74) is 9.14. The molecule has 5 rings (SSSR count). The summed E-state index contributed by atoms with van der Waals surface area (Å²) in [6.45, 7) is 1.48. The van der Waals surface area contributed by atoms with Crippen LogP contribution in [-0.2, 0) is 19.4 Å². The van der Waals surface area contributed by atoms with E-state index in [4.69, 9.17) is 20.2 Å². The molecule has 0 saturated carbocycles. The van der Waals surface area contributed by atoms with Crippen LogP contribution in [0.3, 0.4) is 0 Å². The Morgan fingerprint density at radius 1 is 1.25 bits per heavy atom. The number of nitrogens with zero attached hydrogens (tertiary/aromatic N) is 4. The molecule has 0 saturated heterocycles. The Balaban J connectivity index is 1.41. The third kappa shape index (κ3) is 4.27. The van der Waals surface area contributed by atoms with Crippen molar-refractivity contribution in [2.75, 3.05) is 19.5 Å². The first-order valence-corrected chi connectivity index (χ1v) is 12.0. The second-order valence-electron chi connectivity index (χ2n) is 7.55. The lowest BCUT2D eigenvalue weighted by atomic mass is 10.1. The summed E-state index contributed by atoms with van der Waals surface area (Å²) in [4.78, 5) is 14.8. The second-order valence-corrected chi connectivity index (χ2v) is 9.41. The zero-order valence-corrected chi connectivity index (χ0v) is 19.9. The smallest absolute Gasteiger partial charge is 0.195 e. The lowest BCUT2D eigenvalue weighted by Crippen LogP contribution is -2.10. The normalized spacial score (nSPS) is 13.1. The molecule has 3 aliphatic rings. The number of nitrogens with two attached hydrogens (primary N) is 1. The van der Waals surface area contributed by atoms with Crippen LogP contribution in [0.4, 0.5) is 5.82 Å². The van der Waals surface area contributed by atoms with E-state index in [2.05, 4.69) is 38.0 Å². The second kappa shape index (κ2) is 8.99. The molecular formula is C23H22BrN5O2S. The van der Waals surface area contributed by atoms with Crippen LogP contribution in [0.25, 0.3) is 11.5 Å². The Labute approximate surface area is 198 Å². The maximum atomic E-state index is 6.12. The molecule has 0 unspecified atom stereocenters. The number of benzene rings is 2. The van der Waals surface area contributed by atoms with Crippen LogP contribution < -0.4 is 15.2 Å². The van der Waals surface area contributed by atoms with Crippen molar-refractivity contribution in [3.63, 3.8) is 0 Å². The van der Waals surface area contributed by atoms with Crippen molar-refractivity contribution in [2.24, 2.45) is 0 Å². The minimum atomic E-state index is 0.384. The van der Waals surface area contributed by atoms with Crippen LogP contribution in [0, 0.1) is 0 Å². The molecule has 0 bridgehead atoms. The summed E-state index contributed by atoms with van der Waals surface area (Å²) < 4.78 is 14.0. The molecule has 0 aliphatic carbocycles. The van der Waals surface area contributed by atoms with Crippen molar-refractivity contribution in [1.29, 1.82) is 0 Å². The van der Waals surface area contributed by atoms with Crippen molar-refractivity contribution in [3.8, 4) is 23.0 Å². The van der Waals surface area contributed by atoms with Gasteiger partial charge in [0.1, 0.15) is 11.5 Å². The SMILES string of the molecule is COc1cccc(CCn2cnc(N)c3nc(Sc4cc5c(cc4Br)OCCC5)nc2-3)c1. The number of rotatable bonds is 6. The molecule has 0 aromatic heterocycles.